The summed E-state index contributed by atoms with van der Waals surface area (Å²) >= 11 is 0. The fourth-order valence-electron chi connectivity index (χ4n) is 5.05. The van der Waals surface area contributed by atoms with Gasteiger partial charge in [-0.2, -0.15) is 4.31 Å². The fraction of sp³-hybridized carbons (Fsp3) is 0.611. The van der Waals surface area contributed by atoms with E-state index in [4.69, 9.17) is 5.11 Å². The highest BCUT2D eigenvalue weighted by molar-refractivity contribution is 7.89. The Bertz CT molecular complexity index is 842. The predicted octanol–water partition coefficient (Wildman–Crippen LogP) is 0.897. The molecule has 2 aliphatic heterocycles. The molecular formula is C18H24N2O5S. The summed E-state index contributed by atoms with van der Waals surface area (Å²) in [6.07, 6.45) is 1.93. The van der Waals surface area contributed by atoms with Gasteiger partial charge in [0.15, 0.2) is 0 Å². The number of hydrogen-bond donors (Lipinski definition) is 3. The largest absolute Gasteiger partial charge is 0.478 e. The average molecular weight is 380 g/mol. The highest BCUT2D eigenvalue weighted by Gasteiger charge is 2.55. The molecule has 0 amide bonds. The van der Waals surface area contributed by atoms with Crippen LogP contribution in [0.3, 0.4) is 0 Å². The minimum atomic E-state index is -3.83. The van der Waals surface area contributed by atoms with Gasteiger partial charge in [0.05, 0.1) is 16.6 Å². The highest BCUT2D eigenvalue weighted by atomic mass is 32.2. The van der Waals surface area contributed by atoms with Crippen LogP contribution in [-0.2, 0) is 10.0 Å². The van der Waals surface area contributed by atoms with Gasteiger partial charge >= 0.3 is 5.97 Å². The Morgan fingerprint density at radius 1 is 1.31 bits per heavy atom. The SMILES string of the molecule is C[C@]12C[C@H]3CN(S(=O)(=O)c4cccc(C(=O)O)c4)C[C@H](CC[C@@H]1N3)[C@H]2O. The Balaban J connectivity index is 1.69. The summed E-state index contributed by atoms with van der Waals surface area (Å²) in [6.45, 7) is 2.71. The lowest BCUT2D eigenvalue weighted by atomic mass is 9.65. The Kier molecular flexibility index (Phi) is 4.15. The van der Waals surface area contributed by atoms with Gasteiger partial charge in [-0.3, -0.25) is 0 Å². The third kappa shape index (κ3) is 2.67. The number of benzene rings is 1. The van der Waals surface area contributed by atoms with Crippen LogP contribution in [0.4, 0.5) is 0 Å². The van der Waals surface area contributed by atoms with Crippen molar-refractivity contribution in [1.82, 2.24) is 9.62 Å². The van der Waals surface area contributed by atoms with E-state index in [0.29, 0.717) is 6.54 Å². The summed E-state index contributed by atoms with van der Waals surface area (Å²) < 4.78 is 27.8. The van der Waals surface area contributed by atoms with Gasteiger partial charge in [0.1, 0.15) is 0 Å². The Hall–Kier alpha value is -1.48. The first-order valence-corrected chi connectivity index (χ1v) is 10.4. The molecule has 0 spiro atoms. The van der Waals surface area contributed by atoms with E-state index in [0.717, 1.165) is 19.3 Å². The molecule has 7 nitrogen and oxygen atoms in total. The second-order valence-electron chi connectivity index (χ2n) is 8.06. The van der Waals surface area contributed by atoms with Gasteiger partial charge in [0.2, 0.25) is 10.0 Å². The number of carbonyl (C=O) groups is 1. The van der Waals surface area contributed by atoms with Crippen LogP contribution in [0.15, 0.2) is 29.2 Å². The minimum absolute atomic E-state index is 0.00358. The first-order valence-electron chi connectivity index (χ1n) is 8.99. The topological polar surface area (TPSA) is 107 Å². The second-order valence-corrected chi connectivity index (χ2v) is 10.0. The summed E-state index contributed by atoms with van der Waals surface area (Å²) in [5.74, 6) is -1.26. The van der Waals surface area contributed by atoms with Crippen LogP contribution < -0.4 is 5.32 Å². The molecule has 0 aromatic heterocycles. The number of rotatable bonds is 3. The van der Waals surface area contributed by atoms with Crippen LogP contribution in [-0.4, -0.2) is 60.2 Å². The number of aromatic carboxylic acids is 1. The molecule has 26 heavy (non-hydrogen) atoms. The average Bonchev–Trinajstić information content (AvgIpc) is 2.98. The van der Waals surface area contributed by atoms with Crippen LogP contribution >= 0.6 is 0 Å². The van der Waals surface area contributed by atoms with Gasteiger partial charge in [-0.15, -0.1) is 0 Å². The monoisotopic (exact) mass is 380 g/mol. The quantitative estimate of drug-likeness (QED) is 0.719. The van der Waals surface area contributed by atoms with Gasteiger partial charge in [-0.25, -0.2) is 13.2 Å². The van der Waals surface area contributed by atoms with E-state index in [-0.39, 0.29) is 40.4 Å². The molecule has 2 saturated heterocycles. The number of fused-ring (bicyclic) bond motifs is 2. The number of nitrogens with zero attached hydrogens (tertiary/aromatic N) is 1. The number of carboxylic acid groups (broad SMARTS) is 1. The predicted molar refractivity (Wildman–Crippen MR) is 94.3 cm³/mol. The van der Waals surface area contributed by atoms with Crippen LogP contribution in [0, 0.1) is 11.3 Å². The van der Waals surface area contributed by atoms with E-state index in [9.17, 15) is 18.3 Å². The lowest BCUT2D eigenvalue weighted by Gasteiger charge is -2.46. The normalized spacial score (nSPS) is 37.3. The molecule has 1 aliphatic carbocycles. The number of carboxylic acids is 1. The summed E-state index contributed by atoms with van der Waals surface area (Å²) in [7, 11) is -3.83. The third-order valence-electron chi connectivity index (χ3n) is 6.45. The second kappa shape index (κ2) is 6.02. The molecule has 3 N–H and O–H groups in total. The zero-order valence-corrected chi connectivity index (χ0v) is 15.4. The van der Waals surface area contributed by atoms with Crippen LogP contribution in [0.25, 0.3) is 0 Å². The lowest BCUT2D eigenvalue weighted by Crippen LogP contribution is -2.53. The molecule has 1 saturated carbocycles. The number of hydrogen-bond acceptors (Lipinski definition) is 5. The number of nitrogens with one attached hydrogen (secondary N) is 1. The zero-order valence-electron chi connectivity index (χ0n) is 14.6. The van der Waals surface area contributed by atoms with Gasteiger partial charge in [0.25, 0.3) is 0 Å². The smallest absolute Gasteiger partial charge is 0.335 e. The van der Waals surface area contributed by atoms with Crippen molar-refractivity contribution in [3.63, 3.8) is 0 Å². The molecule has 3 fully saturated rings. The summed E-state index contributed by atoms with van der Waals surface area (Å²) in [6, 6.07) is 5.68. The van der Waals surface area contributed by atoms with Crippen molar-refractivity contribution >= 4 is 16.0 Å². The zero-order chi connectivity index (χ0) is 18.7. The molecule has 5 atom stereocenters. The highest BCUT2D eigenvalue weighted by Crippen LogP contribution is 2.48. The maximum absolute atomic E-state index is 13.2. The van der Waals surface area contributed by atoms with E-state index < -0.39 is 22.1 Å². The molecule has 142 valence electrons. The first-order chi connectivity index (χ1) is 12.2. The molecule has 8 heteroatoms. The maximum atomic E-state index is 13.2. The van der Waals surface area contributed by atoms with Gasteiger partial charge in [-0.05, 0) is 43.4 Å². The molecule has 3 aliphatic rings. The fourth-order valence-corrected chi connectivity index (χ4v) is 6.64. The minimum Gasteiger partial charge on any atom is -0.478 e. The molecule has 2 heterocycles. The van der Waals surface area contributed by atoms with Gasteiger partial charge in [0, 0.05) is 30.6 Å². The van der Waals surface area contributed by atoms with Crippen molar-refractivity contribution in [3.8, 4) is 0 Å². The summed E-state index contributed by atoms with van der Waals surface area (Å²) in [5, 5.41) is 23.5. The first kappa shape index (κ1) is 17.9. The van der Waals surface area contributed by atoms with Crippen LogP contribution in [0.5, 0.6) is 0 Å². The lowest BCUT2D eigenvalue weighted by molar-refractivity contribution is -0.0546. The van der Waals surface area contributed by atoms with Crippen molar-refractivity contribution < 1.29 is 23.4 Å². The number of aliphatic hydroxyl groups is 1. The van der Waals surface area contributed by atoms with Crippen LogP contribution in [0.2, 0.25) is 0 Å². The number of aliphatic hydroxyl groups excluding tert-OH is 1. The van der Waals surface area contributed by atoms with Crippen molar-refractivity contribution in [3.05, 3.63) is 29.8 Å². The molecular weight excluding hydrogens is 356 g/mol. The molecule has 4 rings (SSSR count). The molecule has 1 aromatic rings. The Morgan fingerprint density at radius 2 is 2.08 bits per heavy atom. The Labute approximate surface area is 153 Å². The third-order valence-corrected chi connectivity index (χ3v) is 8.28. The standard InChI is InChI=1S/C18H24N2O5S/c1-18-8-13-10-20(9-12(16(18)21)5-6-15(18)19-13)26(24,25)14-4-2-3-11(7-14)17(22)23/h2-4,7,12-13,15-16,19,21H,5-6,8-10H2,1H3,(H,22,23)/t12-,13-,15-,16+,18-/m0/s1. The molecule has 0 radical (unpaired) electrons. The van der Waals surface area contributed by atoms with Crippen LogP contribution in [0.1, 0.15) is 36.5 Å². The van der Waals surface area contributed by atoms with E-state index in [1.54, 1.807) is 0 Å². The van der Waals surface area contributed by atoms with Gasteiger partial charge in [-0.1, -0.05) is 13.0 Å². The maximum Gasteiger partial charge on any atom is 0.335 e. The molecule has 1 aromatic carbocycles. The van der Waals surface area contributed by atoms with E-state index in [2.05, 4.69) is 12.2 Å². The number of sulfonamides is 1. The van der Waals surface area contributed by atoms with Crippen molar-refractivity contribution in [2.24, 2.45) is 11.3 Å². The Morgan fingerprint density at radius 3 is 2.81 bits per heavy atom. The summed E-state index contributed by atoms with van der Waals surface area (Å²) in [4.78, 5) is 11.2. The van der Waals surface area contributed by atoms with Crippen molar-refractivity contribution in [1.29, 1.82) is 0 Å². The summed E-state index contributed by atoms with van der Waals surface area (Å²) in [5.41, 5.74) is -0.252. The molecule has 3 bridgehead atoms. The molecule has 0 unspecified atom stereocenters. The van der Waals surface area contributed by atoms with Crippen molar-refractivity contribution in [2.75, 3.05) is 13.1 Å². The van der Waals surface area contributed by atoms with E-state index >= 15 is 0 Å². The van der Waals surface area contributed by atoms with E-state index in [1.807, 2.05) is 0 Å². The van der Waals surface area contributed by atoms with E-state index in [1.165, 1.54) is 28.6 Å². The van der Waals surface area contributed by atoms with Crippen molar-refractivity contribution in [2.45, 2.75) is 49.3 Å². The van der Waals surface area contributed by atoms with Gasteiger partial charge < -0.3 is 15.5 Å².